The van der Waals surface area contributed by atoms with Gasteiger partial charge >= 0.3 is 0 Å². The van der Waals surface area contributed by atoms with Gasteiger partial charge in [0.25, 0.3) is 0 Å². The molecule has 3 N–H and O–H groups in total. The first-order valence-electron chi connectivity index (χ1n) is 12.8. The zero-order valence-electron chi connectivity index (χ0n) is 23.1. The van der Waals surface area contributed by atoms with Crippen molar-refractivity contribution in [1.29, 1.82) is 0 Å². The van der Waals surface area contributed by atoms with Gasteiger partial charge in [-0.3, -0.25) is 3.97 Å². The van der Waals surface area contributed by atoms with Crippen molar-refractivity contribution in [3.8, 4) is 17.0 Å². The van der Waals surface area contributed by atoms with Gasteiger partial charge in [0, 0.05) is 61.7 Å². The first kappa shape index (κ1) is 27.6. The van der Waals surface area contributed by atoms with E-state index < -0.39 is 0 Å². The third-order valence-electron chi connectivity index (χ3n) is 6.51. The molecule has 0 saturated carbocycles. The van der Waals surface area contributed by atoms with Crippen molar-refractivity contribution in [2.75, 3.05) is 70.4 Å². The van der Waals surface area contributed by atoms with Crippen LogP contribution in [0.5, 0.6) is 5.75 Å². The maximum absolute atomic E-state index is 6.50. The van der Waals surface area contributed by atoms with Crippen LogP contribution < -0.4 is 20.7 Å². The minimum Gasteiger partial charge on any atom is -0.494 e. The van der Waals surface area contributed by atoms with Gasteiger partial charge in [-0.2, -0.15) is 0 Å². The fourth-order valence-corrected chi connectivity index (χ4v) is 5.17. The molecule has 10 heteroatoms. The number of ether oxygens (including phenoxy) is 1. The highest BCUT2D eigenvalue weighted by Gasteiger charge is 2.16. The molecule has 4 aromatic rings. The molecule has 0 bridgehead atoms. The summed E-state index contributed by atoms with van der Waals surface area (Å²) < 4.78 is 9.93. The Morgan fingerprint density at radius 1 is 1.05 bits per heavy atom. The van der Waals surface area contributed by atoms with E-state index in [-0.39, 0.29) is 0 Å². The van der Waals surface area contributed by atoms with E-state index in [1.807, 2.05) is 44.4 Å². The fourth-order valence-electron chi connectivity index (χ4n) is 4.42. The number of methoxy groups -OCH3 is 1. The van der Waals surface area contributed by atoms with Crippen LogP contribution in [0.15, 0.2) is 54.9 Å². The second-order valence-electron chi connectivity index (χ2n) is 9.23. The first-order valence-corrected chi connectivity index (χ1v) is 13.5. The molecule has 0 atom stereocenters. The van der Waals surface area contributed by atoms with E-state index in [1.165, 1.54) is 0 Å². The molecule has 202 valence electrons. The van der Waals surface area contributed by atoms with Gasteiger partial charge in [-0.25, -0.2) is 14.3 Å². The molecule has 0 aliphatic heterocycles. The predicted molar refractivity (Wildman–Crippen MR) is 161 cm³/mol. The molecule has 0 aliphatic carbocycles. The van der Waals surface area contributed by atoms with E-state index in [9.17, 15) is 0 Å². The molecule has 0 aliphatic rings. The Balaban J connectivity index is 1.61. The molecule has 0 fully saturated rings. The molecule has 0 amide bonds. The van der Waals surface area contributed by atoms with Crippen molar-refractivity contribution in [3.05, 3.63) is 54.9 Å². The van der Waals surface area contributed by atoms with E-state index in [0.717, 1.165) is 54.0 Å². The normalized spacial score (nSPS) is 11.5. The summed E-state index contributed by atoms with van der Waals surface area (Å²) >= 11 is 1.62. The zero-order chi connectivity index (χ0) is 27.2. The largest absolute Gasteiger partial charge is 0.494 e. The lowest BCUT2D eigenvalue weighted by atomic mass is 10.1. The fraction of sp³-hybridized carbons (Fsp3) is 0.357. The SMILES string of the molecule is CCN(CC)CCN(C)c1cc(OC)c(Nc2nccc(-c3cn(SN(C)C)c4ccccc34)n2)cc1N. The molecule has 0 unspecified atom stereocenters. The van der Waals surface area contributed by atoms with Gasteiger partial charge < -0.3 is 25.6 Å². The Kier molecular flexibility index (Phi) is 8.98. The second-order valence-corrected chi connectivity index (χ2v) is 10.5. The van der Waals surface area contributed by atoms with Crippen molar-refractivity contribution in [2.45, 2.75) is 13.8 Å². The molecule has 9 nitrogen and oxygen atoms in total. The number of hydrogen-bond acceptors (Lipinski definition) is 9. The number of para-hydroxylation sites is 1. The second kappa shape index (κ2) is 12.4. The lowest BCUT2D eigenvalue weighted by molar-refractivity contribution is 0.311. The van der Waals surface area contributed by atoms with E-state index >= 15 is 0 Å². The van der Waals surface area contributed by atoms with Crippen LogP contribution in [0.1, 0.15) is 13.8 Å². The van der Waals surface area contributed by atoms with E-state index in [4.69, 9.17) is 15.5 Å². The average molecular weight is 535 g/mol. The summed E-state index contributed by atoms with van der Waals surface area (Å²) in [6.45, 7) is 8.25. The van der Waals surface area contributed by atoms with Gasteiger partial charge in [-0.1, -0.05) is 32.0 Å². The van der Waals surface area contributed by atoms with Crippen molar-refractivity contribution < 1.29 is 4.74 Å². The number of likely N-dealkylation sites (N-methyl/N-ethyl adjacent to an activating group) is 2. The van der Waals surface area contributed by atoms with Crippen molar-refractivity contribution in [3.63, 3.8) is 0 Å². The molecular formula is C28H38N8OS. The predicted octanol–water partition coefficient (Wildman–Crippen LogP) is 5.18. The Morgan fingerprint density at radius 2 is 1.82 bits per heavy atom. The number of nitrogen functional groups attached to an aromatic ring is 1. The topological polar surface area (TPSA) is 87.7 Å². The molecule has 0 radical (unpaired) electrons. The highest BCUT2D eigenvalue weighted by atomic mass is 32.2. The monoisotopic (exact) mass is 534 g/mol. The maximum atomic E-state index is 6.50. The van der Waals surface area contributed by atoms with Crippen molar-refractivity contribution in [1.82, 2.24) is 23.1 Å². The number of rotatable bonds is 12. The highest BCUT2D eigenvalue weighted by molar-refractivity contribution is 7.95. The number of anilines is 4. The van der Waals surface area contributed by atoms with Crippen LogP contribution >= 0.6 is 12.1 Å². The van der Waals surface area contributed by atoms with Crippen LogP contribution in [0.3, 0.4) is 0 Å². The lowest BCUT2D eigenvalue weighted by Crippen LogP contribution is -2.33. The molecule has 0 saturated heterocycles. The van der Waals surface area contributed by atoms with Crippen LogP contribution in [-0.2, 0) is 0 Å². The van der Waals surface area contributed by atoms with Crippen molar-refractivity contribution in [2.24, 2.45) is 0 Å². The molecule has 2 aromatic carbocycles. The molecule has 38 heavy (non-hydrogen) atoms. The summed E-state index contributed by atoms with van der Waals surface area (Å²) in [6, 6.07) is 14.1. The van der Waals surface area contributed by atoms with Gasteiger partial charge in [0.15, 0.2) is 0 Å². The van der Waals surface area contributed by atoms with E-state index in [0.29, 0.717) is 23.1 Å². The third kappa shape index (κ3) is 6.15. The molecule has 2 heterocycles. The average Bonchev–Trinajstić information content (AvgIpc) is 3.27. The minimum atomic E-state index is 0.472. The van der Waals surface area contributed by atoms with E-state index in [2.05, 4.69) is 67.6 Å². The maximum Gasteiger partial charge on any atom is 0.227 e. The Labute approximate surface area is 229 Å². The minimum absolute atomic E-state index is 0.472. The van der Waals surface area contributed by atoms with Crippen molar-refractivity contribution >= 4 is 46.0 Å². The number of nitrogens with one attached hydrogen (secondary N) is 1. The van der Waals surface area contributed by atoms with Gasteiger partial charge in [-0.05, 0) is 45.4 Å². The zero-order valence-corrected chi connectivity index (χ0v) is 23.9. The standard InChI is InChI=1S/C28H38N8OS/c1-7-35(8-2)16-15-34(5)26-18-27(37-6)24(17-22(26)29)32-28-30-14-13-23(31-28)21-19-36(38-33(3)4)25-12-10-9-11-20(21)25/h9-14,17-19H,7-8,15-16,29H2,1-6H3,(H,30,31,32). The number of benzene rings is 2. The van der Waals surface area contributed by atoms with Crippen LogP contribution in [0, 0.1) is 0 Å². The Morgan fingerprint density at radius 3 is 2.53 bits per heavy atom. The molecule has 2 aromatic heterocycles. The first-order chi connectivity index (χ1) is 18.3. The summed E-state index contributed by atoms with van der Waals surface area (Å²) in [5.41, 5.74) is 11.8. The van der Waals surface area contributed by atoms with Crippen LogP contribution in [-0.4, -0.2) is 77.6 Å². The lowest BCUT2D eigenvalue weighted by Gasteiger charge is -2.26. The van der Waals surface area contributed by atoms with Crippen LogP contribution in [0.25, 0.3) is 22.2 Å². The summed E-state index contributed by atoms with van der Waals surface area (Å²) in [4.78, 5) is 13.9. The number of nitrogens with zero attached hydrogens (tertiary/aromatic N) is 6. The quantitative estimate of drug-likeness (QED) is 0.188. The highest BCUT2D eigenvalue weighted by Crippen LogP contribution is 2.37. The number of fused-ring (bicyclic) bond motifs is 1. The molecule has 4 rings (SSSR count). The Bertz CT molecular complexity index is 1370. The third-order valence-corrected chi connectivity index (χ3v) is 7.32. The van der Waals surface area contributed by atoms with Gasteiger partial charge in [-0.15, -0.1) is 0 Å². The van der Waals surface area contributed by atoms with Crippen LogP contribution in [0.2, 0.25) is 0 Å². The Hall–Kier alpha value is -3.47. The molecule has 0 spiro atoms. The summed E-state index contributed by atoms with van der Waals surface area (Å²) in [6.07, 6.45) is 3.88. The number of hydrogen-bond donors (Lipinski definition) is 2. The van der Waals surface area contributed by atoms with Crippen LogP contribution in [0.4, 0.5) is 23.0 Å². The summed E-state index contributed by atoms with van der Waals surface area (Å²) in [5.74, 6) is 1.15. The smallest absolute Gasteiger partial charge is 0.227 e. The van der Waals surface area contributed by atoms with E-state index in [1.54, 1.807) is 25.4 Å². The number of nitrogens with two attached hydrogens (primary N) is 1. The summed E-state index contributed by atoms with van der Waals surface area (Å²) in [7, 11) is 7.77. The number of aromatic nitrogens is 3. The van der Waals surface area contributed by atoms with Gasteiger partial charge in [0.1, 0.15) is 5.75 Å². The van der Waals surface area contributed by atoms with Gasteiger partial charge in [0.05, 0.1) is 35.4 Å². The summed E-state index contributed by atoms with van der Waals surface area (Å²) in [5, 5.41) is 4.45. The van der Waals surface area contributed by atoms with Gasteiger partial charge in [0.2, 0.25) is 5.95 Å². The molecular weight excluding hydrogens is 496 g/mol.